The zero-order valence-corrected chi connectivity index (χ0v) is 10.3. The Morgan fingerprint density at radius 3 is 2.21 bits per heavy atom. The highest BCUT2D eigenvalue weighted by Gasteiger charge is 2.27. The third-order valence-electron chi connectivity index (χ3n) is 2.70. The fourth-order valence-corrected chi connectivity index (χ4v) is 1.96. The van der Waals surface area contributed by atoms with Gasteiger partial charge >= 0.3 is 0 Å². The second kappa shape index (κ2) is 5.92. The lowest BCUT2D eigenvalue weighted by Gasteiger charge is -2.29. The van der Waals surface area contributed by atoms with E-state index in [4.69, 9.17) is 0 Å². The zero-order valence-electron chi connectivity index (χ0n) is 9.48. The van der Waals surface area contributed by atoms with E-state index in [1.54, 1.807) is 0 Å². The SMILES string of the molecule is CC(C)(C)CC(F)C1CCNCC1.Cl. The summed E-state index contributed by atoms with van der Waals surface area (Å²) in [4.78, 5) is 0. The Bertz CT molecular complexity index is 150. The van der Waals surface area contributed by atoms with Crippen LogP contribution in [0.3, 0.4) is 0 Å². The van der Waals surface area contributed by atoms with Crippen molar-refractivity contribution >= 4 is 12.4 Å². The van der Waals surface area contributed by atoms with Crippen LogP contribution in [-0.4, -0.2) is 19.3 Å². The highest BCUT2D eigenvalue weighted by atomic mass is 35.5. The predicted octanol–water partition coefficient (Wildman–Crippen LogP) is 3.18. The van der Waals surface area contributed by atoms with Crippen LogP contribution in [0.15, 0.2) is 0 Å². The molecule has 1 rings (SSSR count). The van der Waals surface area contributed by atoms with Gasteiger partial charge in [0.2, 0.25) is 0 Å². The molecule has 1 aliphatic rings. The summed E-state index contributed by atoms with van der Waals surface area (Å²) in [5, 5.41) is 3.27. The Kier molecular flexibility index (Phi) is 5.99. The van der Waals surface area contributed by atoms with Crippen LogP contribution in [0.5, 0.6) is 0 Å². The first-order valence-corrected chi connectivity index (χ1v) is 5.34. The first-order chi connectivity index (χ1) is 5.99. The van der Waals surface area contributed by atoms with E-state index < -0.39 is 6.17 Å². The van der Waals surface area contributed by atoms with E-state index in [9.17, 15) is 4.39 Å². The average Bonchev–Trinajstić information content (AvgIpc) is 2.03. The van der Waals surface area contributed by atoms with Gasteiger partial charge in [-0.05, 0) is 43.7 Å². The van der Waals surface area contributed by atoms with Gasteiger partial charge in [0.25, 0.3) is 0 Å². The second-order valence-corrected chi connectivity index (χ2v) is 5.37. The van der Waals surface area contributed by atoms with Gasteiger partial charge in [-0.3, -0.25) is 0 Å². The van der Waals surface area contributed by atoms with Gasteiger partial charge in [0, 0.05) is 0 Å². The van der Waals surface area contributed by atoms with Crippen molar-refractivity contribution in [1.29, 1.82) is 0 Å². The second-order valence-electron chi connectivity index (χ2n) is 5.37. The molecule has 1 N–H and O–H groups in total. The molecule has 1 atom stereocenters. The molecular formula is C11H23ClFN. The Labute approximate surface area is 93.3 Å². The minimum atomic E-state index is -0.595. The van der Waals surface area contributed by atoms with E-state index in [0.717, 1.165) is 25.9 Å². The van der Waals surface area contributed by atoms with Gasteiger partial charge < -0.3 is 5.32 Å². The maximum absolute atomic E-state index is 13.8. The average molecular weight is 224 g/mol. The summed E-state index contributed by atoms with van der Waals surface area (Å²) in [7, 11) is 0. The number of alkyl halides is 1. The van der Waals surface area contributed by atoms with Crippen molar-refractivity contribution in [2.45, 2.75) is 46.2 Å². The lowest BCUT2D eigenvalue weighted by Crippen LogP contribution is -2.33. The molecule has 3 heteroatoms. The standard InChI is InChI=1S/C11H22FN.ClH/c1-11(2,3)8-10(12)9-4-6-13-7-5-9;/h9-10,13H,4-8H2,1-3H3;1H. The molecule has 0 aromatic rings. The van der Waals surface area contributed by atoms with Gasteiger partial charge in [-0.25, -0.2) is 4.39 Å². The molecule has 0 bridgehead atoms. The monoisotopic (exact) mass is 223 g/mol. The highest BCUT2D eigenvalue weighted by Crippen LogP contribution is 2.29. The summed E-state index contributed by atoms with van der Waals surface area (Å²) in [6.07, 6.45) is 2.13. The van der Waals surface area contributed by atoms with Crippen molar-refractivity contribution in [2.24, 2.45) is 11.3 Å². The zero-order chi connectivity index (χ0) is 9.90. The van der Waals surface area contributed by atoms with Gasteiger partial charge in [-0.1, -0.05) is 20.8 Å². The van der Waals surface area contributed by atoms with Crippen LogP contribution >= 0.6 is 12.4 Å². The maximum atomic E-state index is 13.8. The Hall–Kier alpha value is 0.180. The largest absolute Gasteiger partial charge is 0.317 e. The first-order valence-electron chi connectivity index (χ1n) is 5.34. The molecule has 0 spiro atoms. The summed E-state index contributed by atoms with van der Waals surface area (Å²) in [5.74, 6) is 0.306. The molecule has 14 heavy (non-hydrogen) atoms. The Morgan fingerprint density at radius 2 is 1.79 bits per heavy atom. The van der Waals surface area contributed by atoms with Crippen molar-refractivity contribution in [2.75, 3.05) is 13.1 Å². The van der Waals surface area contributed by atoms with Crippen molar-refractivity contribution < 1.29 is 4.39 Å². The minimum Gasteiger partial charge on any atom is -0.317 e. The van der Waals surface area contributed by atoms with E-state index in [-0.39, 0.29) is 17.8 Å². The molecule has 0 radical (unpaired) electrons. The van der Waals surface area contributed by atoms with Crippen LogP contribution < -0.4 is 5.32 Å². The molecule has 1 saturated heterocycles. The number of rotatable bonds is 2. The number of nitrogens with one attached hydrogen (secondary N) is 1. The summed E-state index contributed by atoms with van der Waals surface area (Å²) >= 11 is 0. The summed E-state index contributed by atoms with van der Waals surface area (Å²) < 4.78 is 13.8. The van der Waals surface area contributed by atoms with E-state index in [1.807, 2.05) is 0 Å². The molecule has 86 valence electrons. The van der Waals surface area contributed by atoms with Gasteiger partial charge in [-0.15, -0.1) is 12.4 Å². The summed E-state index contributed by atoms with van der Waals surface area (Å²) in [6, 6.07) is 0. The third-order valence-corrected chi connectivity index (χ3v) is 2.70. The summed E-state index contributed by atoms with van der Waals surface area (Å²) in [5.41, 5.74) is 0.129. The maximum Gasteiger partial charge on any atom is 0.104 e. The lowest BCUT2D eigenvalue weighted by molar-refractivity contribution is 0.134. The van der Waals surface area contributed by atoms with Crippen LogP contribution in [-0.2, 0) is 0 Å². The molecule has 1 heterocycles. The smallest absolute Gasteiger partial charge is 0.104 e. The van der Waals surface area contributed by atoms with E-state index in [0.29, 0.717) is 12.3 Å². The van der Waals surface area contributed by atoms with Gasteiger partial charge in [0.1, 0.15) is 6.17 Å². The van der Waals surface area contributed by atoms with Crippen LogP contribution in [0.1, 0.15) is 40.0 Å². The van der Waals surface area contributed by atoms with Crippen LogP contribution in [0.2, 0.25) is 0 Å². The number of halogens is 2. The van der Waals surface area contributed by atoms with Crippen molar-refractivity contribution in [3.8, 4) is 0 Å². The van der Waals surface area contributed by atoms with Gasteiger partial charge in [0.05, 0.1) is 0 Å². The molecule has 1 fully saturated rings. The highest BCUT2D eigenvalue weighted by molar-refractivity contribution is 5.85. The minimum absolute atomic E-state index is 0. The normalized spacial score (nSPS) is 21.4. The van der Waals surface area contributed by atoms with Crippen LogP contribution in [0.25, 0.3) is 0 Å². The topological polar surface area (TPSA) is 12.0 Å². The van der Waals surface area contributed by atoms with Crippen LogP contribution in [0, 0.1) is 11.3 Å². The fraction of sp³-hybridized carbons (Fsp3) is 1.00. The van der Waals surface area contributed by atoms with Crippen LogP contribution in [0.4, 0.5) is 4.39 Å². The third kappa shape index (κ3) is 5.16. The lowest BCUT2D eigenvalue weighted by atomic mass is 9.82. The molecule has 0 aromatic heterocycles. The molecule has 0 aliphatic carbocycles. The van der Waals surface area contributed by atoms with Gasteiger partial charge in [0.15, 0.2) is 0 Å². The number of hydrogen-bond donors (Lipinski definition) is 1. The molecule has 0 amide bonds. The van der Waals surface area contributed by atoms with Crippen molar-refractivity contribution in [3.63, 3.8) is 0 Å². The Balaban J connectivity index is 0.00000169. The first kappa shape index (κ1) is 14.2. The quantitative estimate of drug-likeness (QED) is 0.758. The summed E-state index contributed by atoms with van der Waals surface area (Å²) in [6.45, 7) is 8.33. The van der Waals surface area contributed by atoms with E-state index in [2.05, 4.69) is 26.1 Å². The molecule has 1 unspecified atom stereocenters. The molecule has 0 saturated carbocycles. The fourth-order valence-electron chi connectivity index (χ4n) is 1.96. The van der Waals surface area contributed by atoms with E-state index in [1.165, 1.54) is 0 Å². The number of hydrogen-bond acceptors (Lipinski definition) is 1. The molecular weight excluding hydrogens is 201 g/mol. The molecule has 1 aliphatic heterocycles. The van der Waals surface area contributed by atoms with E-state index >= 15 is 0 Å². The molecule has 0 aromatic carbocycles. The van der Waals surface area contributed by atoms with Crippen molar-refractivity contribution in [3.05, 3.63) is 0 Å². The molecule has 1 nitrogen and oxygen atoms in total. The van der Waals surface area contributed by atoms with Crippen molar-refractivity contribution in [1.82, 2.24) is 5.32 Å². The Morgan fingerprint density at radius 1 is 1.29 bits per heavy atom. The predicted molar refractivity (Wildman–Crippen MR) is 61.8 cm³/mol. The number of piperidine rings is 1. The van der Waals surface area contributed by atoms with Gasteiger partial charge in [-0.2, -0.15) is 0 Å².